The topological polar surface area (TPSA) is 76.6 Å². The average molecular weight is 322 g/mol. The maximum atomic E-state index is 12.0. The lowest BCUT2D eigenvalue weighted by atomic mass is 10.0. The molecule has 6 nitrogen and oxygen atoms in total. The number of likely N-dealkylation sites (tertiary alicyclic amines) is 1. The number of nitrogens with zero attached hydrogens (tertiary/aromatic N) is 2. The van der Waals surface area contributed by atoms with E-state index in [0.29, 0.717) is 0 Å². The van der Waals surface area contributed by atoms with E-state index in [0.717, 1.165) is 39.7 Å². The normalized spacial score (nSPS) is 21.1. The molecule has 1 fully saturated rings. The van der Waals surface area contributed by atoms with Crippen LogP contribution >= 0.6 is 11.3 Å². The van der Waals surface area contributed by atoms with E-state index >= 15 is 0 Å². The Morgan fingerprint density at radius 3 is 2.77 bits per heavy atom. The third kappa shape index (κ3) is 3.04. The fraction of sp³-hybridized carbons (Fsp3) is 0.600. The number of aryl methyl sites for hydroxylation is 2. The van der Waals surface area contributed by atoms with Crippen LogP contribution in [0.4, 0.5) is 0 Å². The summed E-state index contributed by atoms with van der Waals surface area (Å²) in [6.07, 6.45) is 3.03. The van der Waals surface area contributed by atoms with E-state index in [-0.39, 0.29) is 49.7 Å². The number of imide groups is 1. The van der Waals surface area contributed by atoms with Crippen molar-refractivity contribution >= 4 is 29.1 Å². The number of ether oxygens (including phenoxy) is 1. The molecule has 0 radical (unpaired) electrons. The molecule has 0 bridgehead atoms. The fourth-order valence-corrected chi connectivity index (χ4v) is 3.95. The number of amides is 2. The van der Waals surface area contributed by atoms with E-state index in [1.807, 2.05) is 6.92 Å². The molecule has 2 heterocycles. The molecule has 1 aromatic heterocycles. The number of carbonyl (C=O) groups is 3. The molecular formula is C15H18N2O4S. The Bertz CT molecular complexity index is 609. The molecule has 0 N–H and O–H groups in total. The molecule has 0 spiro atoms. The van der Waals surface area contributed by atoms with Gasteiger partial charge in [0.15, 0.2) is 0 Å². The monoisotopic (exact) mass is 322 g/mol. The van der Waals surface area contributed by atoms with Crippen LogP contribution in [0.25, 0.3) is 0 Å². The van der Waals surface area contributed by atoms with Gasteiger partial charge in [0.05, 0.1) is 22.0 Å². The standard InChI is InChI=1S/C15H18N2O4S/c1-9-16-10-3-2-4-11(15(10)22-9)21-14(20)7-8-17-12(18)5-6-13(17)19/h11H,2-8H2,1H3/t11-/m0/s1. The molecule has 2 amide bonds. The second kappa shape index (κ2) is 6.16. The van der Waals surface area contributed by atoms with Crippen molar-refractivity contribution in [1.29, 1.82) is 0 Å². The Kier molecular flexibility index (Phi) is 4.24. The largest absolute Gasteiger partial charge is 0.456 e. The van der Waals surface area contributed by atoms with Crippen molar-refractivity contribution in [2.75, 3.05) is 6.54 Å². The smallest absolute Gasteiger partial charge is 0.308 e. The quantitative estimate of drug-likeness (QED) is 0.625. The summed E-state index contributed by atoms with van der Waals surface area (Å²) in [6.45, 7) is 2.07. The number of rotatable bonds is 4. The minimum absolute atomic E-state index is 0.0566. The summed E-state index contributed by atoms with van der Waals surface area (Å²) in [4.78, 5) is 41.7. The van der Waals surface area contributed by atoms with Crippen molar-refractivity contribution in [2.24, 2.45) is 0 Å². The van der Waals surface area contributed by atoms with Crippen LogP contribution in [0.2, 0.25) is 0 Å². The van der Waals surface area contributed by atoms with Gasteiger partial charge in [-0.05, 0) is 26.2 Å². The second-order valence-corrected chi connectivity index (χ2v) is 6.84. The van der Waals surface area contributed by atoms with E-state index in [9.17, 15) is 14.4 Å². The van der Waals surface area contributed by atoms with Gasteiger partial charge in [-0.3, -0.25) is 19.3 Å². The van der Waals surface area contributed by atoms with Crippen molar-refractivity contribution in [3.8, 4) is 0 Å². The van der Waals surface area contributed by atoms with Gasteiger partial charge in [-0.1, -0.05) is 0 Å². The van der Waals surface area contributed by atoms with E-state index in [1.54, 1.807) is 11.3 Å². The zero-order chi connectivity index (χ0) is 15.7. The Balaban J connectivity index is 1.56. The molecule has 1 aromatic rings. The van der Waals surface area contributed by atoms with Crippen molar-refractivity contribution < 1.29 is 19.1 Å². The summed E-state index contributed by atoms with van der Waals surface area (Å²) in [5, 5.41) is 0.987. The fourth-order valence-electron chi connectivity index (χ4n) is 2.91. The first-order valence-electron chi connectivity index (χ1n) is 7.53. The highest BCUT2D eigenvalue weighted by Gasteiger charge is 2.30. The minimum Gasteiger partial charge on any atom is -0.456 e. The molecular weight excluding hydrogens is 304 g/mol. The van der Waals surface area contributed by atoms with Crippen LogP contribution in [0.3, 0.4) is 0 Å². The van der Waals surface area contributed by atoms with Crippen molar-refractivity contribution in [1.82, 2.24) is 9.88 Å². The van der Waals surface area contributed by atoms with E-state index in [4.69, 9.17) is 4.74 Å². The van der Waals surface area contributed by atoms with E-state index in [2.05, 4.69) is 4.98 Å². The molecule has 2 aliphatic rings. The predicted octanol–water partition coefficient (Wildman–Crippen LogP) is 1.91. The predicted molar refractivity (Wildman–Crippen MR) is 79.2 cm³/mol. The zero-order valence-corrected chi connectivity index (χ0v) is 13.3. The highest BCUT2D eigenvalue weighted by molar-refractivity contribution is 7.11. The molecule has 22 heavy (non-hydrogen) atoms. The Morgan fingerprint density at radius 1 is 1.32 bits per heavy atom. The molecule has 118 valence electrons. The van der Waals surface area contributed by atoms with Crippen LogP contribution in [0.15, 0.2) is 0 Å². The number of esters is 1. The van der Waals surface area contributed by atoms with Gasteiger partial charge in [-0.25, -0.2) is 4.98 Å². The van der Waals surface area contributed by atoms with Crippen LogP contribution in [-0.2, 0) is 25.5 Å². The maximum absolute atomic E-state index is 12.0. The molecule has 1 saturated heterocycles. The lowest BCUT2D eigenvalue weighted by Gasteiger charge is -2.22. The lowest BCUT2D eigenvalue weighted by Crippen LogP contribution is -2.31. The van der Waals surface area contributed by atoms with Crippen LogP contribution in [0, 0.1) is 6.92 Å². The molecule has 0 aromatic carbocycles. The van der Waals surface area contributed by atoms with Crippen LogP contribution in [0.5, 0.6) is 0 Å². The molecule has 0 saturated carbocycles. The highest BCUT2D eigenvalue weighted by Crippen LogP contribution is 2.36. The van der Waals surface area contributed by atoms with Crippen LogP contribution in [0.1, 0.15) is 53.8 Å². The third-order valence-electron chi connectivity index (χ3n) is 3.97. The van der Waals surface area contributed by atoms with Gasteiger partial charge in [-0.15, -0.1) is 11.3 Å². The minimum atomic E-state index is -0.364. The van der Waals surface area contributed by atoms with Gasteiger partial charge in [-0.2, -0.15) is 0 Å². The summed E-state index contributed by atoms with van der Waals surface area (Å²) in [6, 6.07) is 0. The molecule has 7 heteroatoms. The van der Waals surface area contributed by atoms with Gasteiger partial charge >= 0.3 is 5.97 Å². The number of fused-ring (bicyclic) bond motifs is 1. The summed E-state index contributed by atoms with van der Waals surface area (Å²) in [7, 11) is 0. The molecule has 1 aliphatic heterocycles. The first-order chi connectivity index (χ1) is 10.5. The first kappa shape index (κ1) is 15.1. The number of aromatic nitrogens is 1. The molecule has 1 aliphatic carbocycles. The van der Waals surface area contributed by atoms with Crippen LogP contribution < -0.4 is 0 Å². The third-order valence-corrected chi connectivity index (χ3v) is 5.08. The van der Waals surface area contributed by atoms with E-state index in [1.165, 1.54) is 0 Å². The van der Waals surface area contributed by atoms with Gasteiger partial charge in [0.1, 0.15) is 6.10 Å². The first-order valence-corrected chi connectivity index (χ1v) is 8.35. The van der Waals surface area contributed by atoms with E-state index < -0.39 is 0 Å². The number of hydrogen-bond acceptors (Lipinski definition) is 6. The lowest BCUT2D eigenvalue weighted by molar-refractivity contribution is -0.151. The molecule has 3 rings (SSSR count). The van der Waals surface area contributed by atoms with Crippen molar-refractivity contribution in [3.63, 3.8) is 0 Å². The molecule has 1 atom stereocenters. The zero-order valence-electron chi connectivity index (χ0n) is 12.5. The highest BCUT2D eigenvalue weighted by atomic mass is 32.1. The van der Waals surface area contributed by atoms with Crippen LogP contribution in [-0.4, -0.2) is 34.2 Å². The summed E-state index contributed by atoms with van der Waals surface area (Å²) in [5.74, 6) is -0.761. The Morgan fingerprint density at radius 2 is 2.05 bits per heavy atom. The van der Waals surface area contributed by atoms with Crippen molar-refractivity contribution in [3.05, 3.63) is 15.6 Å². The Hall–Kier alpha value is -1.76. The van der Waals surface area contributed by atoms with Gasteiger partial charge < -0.3 is 4.74 Å². The number of hydrogen-bond donors (Lipinski definition) is 0. The van der Waals surface area contributed by atoms with Crippen molar-refractivity contribution in [2.45, 2.75) is 51.6 Å². The summed E-state index contributed by atoms with van der Waals surface area (Å²) < 4.78 is 5.54. The average Bonchev–Trinajstić information content (AvgIpc) is 3.00. The van der Waals surface area contributed by atoms with Gasteiger partial charge in [0, 0.05) is 19.4 Å². The van der Waals surface area contributed by atoms with Gasteiger partial charge in [0.25, 0.3) is 0 Å². The van der Waals surface area contributed by atoms with Gasteiger partial charge in [0.2, 0.25) is 11.8 Å². The summed E-state index contributed by atoms with van der Waals surface area (Å²) >= 11 is 1.58. The molecule has 0 unspecified atom stereocenters. The second-order valence-electron chi connectivity index (χ2n) is 5.60. The number of carbonyl (C=O) groups excluding carboxylic acids is 3. The Labute approximate surface area is 132 Å². The maximum Gasteiger partial charge on any atom is 0.308 e. The summed E-state index contributed by atoms with van der Waals surface area (Å²) in [5.41, 5.74) is 1.04. The number of thiazole rings is 1. The SMILES string of the molecule is Cc1nc2c(s1)[C@@H](OC(=O)CCN1C(=O)CCC1=O)CCC2.